The first-order chi connectivity index (χ1) is 9.32. The number of anilines is 1. The highest BCUT2D eigenvalue weighted by atomic mass is 32.2. The Balaban J connectivity index is 2.99. The van der Waals surface area contributed by atoms with Crippen LogP contribution in [0.15, 0.2) is 18.2 Å². The van der Waals surface area contributed by atoms with Crippen LogP contribution in [0.25, 0.3) is 0 Å². The van der Waals surface area contributed by atoms with Crippen LogP contribution >= 0.6 is 11.8 Å². The lowest BCUT2D eigenvalue weighted by molar-refractivity contribution is -0.384. The molecule has 0 atom stereocenters. The number of para-hydroxylation sites is 1. The molecule has 1 amide bonds. The van der Waals surface area contributed by atoms with Crippen LogP contribution in [-0.4, -0.2) is 35.4 Å². The summed E-state index contributed by atoms with van der Waals surface area (Å²) in [6, 6.07) is 4.45. The largest absolute Gasteiger partial charge is 0.382 e. The maximum Gasteiger partial charge on any atom is 0.293 e. The zero-order chi connectivity index (χ0) is 15.3. The number of nitrogens with zero attached hydrogens (tertiary/aromatic N) is 1. The van der Waals surface area contributed by atoms with E-state index >= 15 is 0 Å². The molecule has 1 aromatic carbocycles. The van der Waals surface area contributed by atoms with Gasteiger partial charge in [0.05, 0.1) is 10.5 Å². The number of nitro benzene ring substituents is 1. The van der Waals surface area contributed by atoms with E-state index in [0.29, 0.717) is 6.54 Å². The summed E-state index contributed by atoms with van der Waals surface area (Å²) in [5, 5.41) is 16.5. The molecule has 110 valence electrons. The van der Waals surface area contributed by atoms with Crippen LogP contribution in [-0.2, 0) is 0 Å². The van der Waals surface area contributed by atoms with Crippen molar-refractivity contribution in [3.05, 3.63) is 33.9 Å². The van der Waals surface area contributed by atoms with Gasteiger partial charge in [0.25, 0.3) is 11.6 Å². The van der Waals surface area contributed by atoms with Crippen molar-refractivity contribution >= 4 is 29.0 Å². The zero-order valence-electron chi connectivity index (χ0n) is 12.0. The number of amides is 1. The molecule has 0 saturated heterocycles. The first-order valence-electron chi connectivity index (χ1n) is 6.11. The molecule has 0 spiro atoms. The fraction of sp³-hybridized carbons (Fsp3) is 0.462. The summed E-state index contributed by atoms with van der Waals surface area (Å²) in [4.78, 5) is 22.6. The van der Waals surface area contributed by atoms with E-state index in [4.69, 9.17) is 0 Å². The summed E-state index contributed by atoms with van der Waals surface area (Å²) in [7, 11) is 1.56. The quantitative estimate of drug-likeness (QED) is 0.622. The van der Waals surface area contributed by atoms with Gasteiger partial charge in [0.15, 0.2) is 0 Å². The number of hydrogen-bond donors (Lipinski definition) is 2. The van der Waals surface area contributed by atoms with Crippen molar-refractivity contribution < 1.29 is 9.72 Å². The van der Waals surface area contributed by atoms with Gasteiger partial charge >= 0.3 is 0 Å². The molecule has 20 heavy (non-hydrogen) atoms. The van der Waals surface area contributed by atoms with Gasteiger partial charge in [-0.15, -0.1) is 0 Å². The van der Waals surface area contributed by atoms with E-state index in [1.165, 1.54) is 12.1 Å². The molecule has 7 heteroatoms. The number of rotatable bonds is 6. The topological polar surface area (TPSA) is 84.3 Å². The van der Waals surface area contributed by atoms with E-state index < -0.39 is 4.92 Å². The van der Waals surface area contributed by atoms with Gasteiger partial charge < -0.3 is 10.6 Å². The maximum atomic E-state index is 12.2. The molecule has 0 aliphatic heterocycles. The first kappa shape index (κ1) is 16.3. The number of carbonyl (C=O) groups excluding carboxylic acids is 1. The van der Waals surface area contributed by atoms with Crippen LogP contribution in [0.2, 0.25) is 0 Å². The average molecular weight is 297 g/mol. The molecule has 0 aromatic heterocycles. The summed E-state index contributed by atoms with van der Waals surface area (Å²) in [6.07, 6.45) is 1.97. The Bertz CT molecular complexity index is 518. The normalized spacial score (nSPS) is 11.0. The van der Waals surface area contributed by atoms with Crippen LogP contribution in [0, 0.1) is 10.1 Å². The van der Waals surface area contributed by atoms with Gasteiger partial charge in [-0.3, -0.25) is 14.9 Å². The van der Waals surface area contributed by atoms with Gasteiger partial charge in [-0.2, -0.15) is 11.8 Å². The van der Waals surface area contributed by atoms with Crippen molar-refractivity contribution in [2.24, 2.45) is 0 Å². The minimum atomic E-state index is -0.506. The van der Waals surface area contributed by atoms with Gasteiger partial charge in [-0.25, -0.2) is 0 Å². The SMILES string of the molecule is CNc1c(C(=O)NCC(C)(C)SC)cccc1[N+](=O)[O-]. The number of nitro groups is 1. The van der Waals surface area contributed by atoms with Crippen molar-refractivity contribution in [1.29, 1.82) is 0 Å². The van der Waals surface area contributed by atoms with Crippen molar-refractivity contribution in [2.75, 3.05) is 25.2 Å². The molecule has 1 aromatic rings. The van der Waals surface area contributed by atoms with Crippen LogP contribution < -0.4 is 10.6 Å². The molecule has 0 radical (unpaired) electrons. The van der Waals surface area contributed by atoms with Crippen LogP contribution in [0.1, 0.15) is 24.2 Å². The monoisotopic (exact) mass is 297 g/mol. The summed E-state index contributed by atoms with van der Waals surface area (Å²) in [5.41, 5.74) is 0.403. The molecule has 0 saturated carbocycles. The van der Waals surface area contributed by atoms with Crippen molar-refractivity contribution in [3.63, 3.8) is 0 Å². The van der Waals surface area contributed by atoms with Crippen LogP contribution in [0.5, 0.6) is 0 Å². The minimum absolute atomic E-state index is 0.0871. The minimum Gasteiger partial charge on any atom is -0.382 e. The average Bonchev–Trinajstić information content (AvgIpc) is 2.43. The Morgan fingerprint density at radius 2 is 2.10 bits per heavy atom. The Kier molecular flexibility index (Phi) is 5.38. The van der Waals surface area contributed by atoms with Crippen molar-refractivity contribution in [2.45, 2.75) is 18.6 Å². The second-order valence-electron chi connectivity index (χ2n) is 4.85. The molecule has 0 unspecified atom stereocenters. The Hall–Kier alpha value is -1.76. The lowest BCUT2D eigenvalue weighted by Crippen LogP contribution is -2.36. The fourth-order valence-corrected chi connectivity index (χ4v) is 1.82. The van der Waals surface area contributed by atoms with Crippen molar-refractivity contribution in [1.82, 2.24) is 5.32 Å². The van der Waals surface area contributed by atoms with Crippen molar-refractivity contribution in [3.8, 4) is 0 Å². The van der Waals surface area contributed by atoms with E-state index in [0.717, 1.165) is 0 Å². The zero-order valence-corrected chi connectivity index (χ0v) is 12.8. The van der Waals surface area contributed by atoms with E-state index in [9.17, 15) is 14.9 Å². The smallest absolute Gasteiger partial charge is 0.293 e. The van der Waals surface area contributed by atoms with Gasteiger partial charge in [-0.05, 0) is 26.2 Å². The van der Waals surface area contributed by atoms with E-state index in [2.05, 4.69) is 10.6 Å². The number of nitrogens with one attached hydrogen (secondary N) is 2. The second-order valence-corrected chi connectivity index (χ2v) is 6.37. The van der Waals surface area contributed by atoms with Gasteiger partial charge in [0.2, 0.25) is 0 Å². The molecule has 0 aliphatic rings. The predicted octanol–water partition coefficient (Wildman–Crippen LogP) is 2.51. The van der Waals surface area contributed by atoms with E-state index in [1.807, 2.05) is 20.1 Å². The number of hydrogen-bond acceptors (Lipinski definition) is 5. The molecule has 0 bridgehead atoms. The van der Waals surface area contributed by atoms with Crippen LogP contribution in [0.3, 0.4) is 0 Å². The fourth-order valence-electron chi connectivity index (χ4n) is 1.60. The molecule has 0 aliphatic carbocycles. The Labute approximate surface area is 122 Å². The predicted molar refractivity (Wildman–Crippen MR) is 82.6 cm³/mol. The Morgan fingerprint density at radius 1 is 1.45 bits per heavy atom. The maximum absolute atomic E-state index is 12.2. The standard InChI is InChI=1S/C13H19N3O3S/c1-13(2,20-4)8-15-12(17)9-6-5-7-10(16(18)19)11(9)14-3/h5-7,14H,8H2,1-4H3,(H,15,17). The third kappa shape index (κ3) is 3.86. The lowest BCUT2D eigenvalue weighted by atomic mass is 10.1. The molecule has 6 nitrogen and oxygen atoms in total. The second kappa shape index (κ2) is 6.60. The number of carbonyl (C=O) groups is 1. The van der Waals surface area contributed by atoms with Gasteiger partial charge in [0, 0.05) is 24.4 Å². The van der Waals surface area contributed by atoms with Gasteiger partial charge in [-0.1, -0.05) is 6.07 Å². The summed E-state index contributed by atoms with van der Waals surface area (Å²) in [5.74, 6) is -0.319. The van der Waals surface area contributed by atoms with Crippen LogP contribution in [0.4, 0.5) is 11.4 Å². The highest BCUT2D eigenvalue weighted by molar-refractivity contribution is 7.99. The molecular weight excluding hydrogens is 278 g/mol. The number of thioether (sulfide) groups is 1. The molecule has 2 N–H and O–H groups in total. The Morgan fingerprint density at radius 3 is 2.60 bits per heavy atom. The first-order valence-corrected chi connectivity index (χ1v) is 7.33. The highest BCUT2D eigenvalue weighted by Gasteiger charge is 2.22. The summed E-state index contributed by atoms with van der Waals surface area (Å²) >= 11 is 1.64. The summed E-state index contributed by atoms with van der Waals surface area (Å²) in [6.45, 7) is 4.52. The third-order valence-corrected chi connectivity index (χ3v) is 4.21. The highest BCUT2D eigenvalue weighted by Crippen LogP contribution is 2.28. The van der Waals surface area contributed by atoms with E-state index in [1.54, 1.807) is 24.9 Å². The molecule has 0 fully saturated rings. The summed E-state index contributed by atoms with van der Waals surface area (Å²) < 4.78 is -0.0871. The van der Waals surface area contributed by atoms with Gasteiger partial charge in [0.1, 0.15) is 5.69 Å². The lowest BCUT2D eigenvalue weighted by Gasteiger charge is -2.22. The third-order valence-electron chi connectivity index (χ3n) is 2.96. The molecular formula is C13H19N3O3S. The molecule has 0 heterocycles. The molecule has 1 rings (SSSR count). The van der Waals surface area contributed by atoms with E-state index in [-0.39, 0.29) is 27.6 Å². The number of benzene rings is 1.